The first kappa shape index (κ1) is 18.8. The number of nitrogens with zero attached hydrogens (tertiary/aromatic N) is 2. The first-order valence-corrected chi connectivity index (χ1v) is 9.27. The molecule has 0 fully saturated rings. The predicted octanol–water partition coefficient (Wildman–Crippen LogP) is 4.92. The van der Waals surface area contributed by atoms with E-state index in [0.29, 0.717) is 33.2 Å². The van der Waals surface area contributed by atoms with Gasteiger partial charge in [0.15, 0.2) is 0 Å². The van der Waals surface area contributed by atoms with E-state index < -0.39 is 0 Å². The number of hydrogen-bond donors (Lipinski definition) is 1. The van der Waals surface area contributed by atoms with Gasteiger partial charge >= 0.3 is 0 Å². The van der Waals surface area contributed by atoms with Crippen LogP contribution in [0.25, 0.3) is 28.7 Å². The van der Waals surface area contributed by atoms with Crippen LogP contribution in [-0.2, 0) is 0 Å². The summed E-state index contributed by atoms with van der Waals surface area (Å²) >= 11 is 6.29. The van der Waals surface area contributed by atoms with Gasteiger partial charge in [-0.1, -0.05) is 41.9 Å². The van der Waals surface area contributed by atoms with E-state index in [1.807, 2.05) is 12.1 Å². The standard InChI is InChI=1S/C23H17ClN2O3/c1-29-21-11-10-16(14-19(21)24)26-22(12-9-15-5-4-6-17(27)13-15)25-20-8-3-2-7-18(20)23(26)28/h2-14,27H,1H3. The van der Waals surface area contributed by atoms with Gasteiger partial charge in [-0.05, 0) is 54.1 Å². The van der Waals surface area contributed by atoms with Gasteiger partial charge in [-0.15, -0.1) is 0 Å². The average molecular weight is 405 g/mol. The maximum atomic E-state index is 13.3. The van der Waals surface area contributed by atoms with Crippen LogP contribution in [-0.4, -0.2) is 21.8 Å². The van der Waals surface area contributed by atoms with Gasteiger partial charge in [0.1, 0.15) is 17.3 Å². The highest BCUT2D eigenvalue weighted by Crippen LogP contribution is 2.27. The molecule has 0 saturated heterocycles. The zero-order valence-corrected chi connectivity index (χ0v) is 16.3. The van der Waals surface area contributed by atoms with Gasteiger partial charge < -0.3 is 9.84 Å². The van der Waals surface area contributed by atoms with E-state index in [4.69, 9.17) is 16.3 Å². The summed E-state index contributed by atoms with van der Waals surface area (Å²) in [6.45, 7) is 0. The zero-order valence-electron chi connectivity index (χ0n) is 15.5. The van der Waals surface area contributed by atoms with Crippen molar-refractivity contribution in [2.45, 2.75) is 0 Å². The van der Waals surface area contributed by atoms with Gasteiger partial charge in [0.2, 0.25) is 0 Å². The fraction of sp³-hybridized carbons (Fsp3) is 0.0435. The number of methoxy groups -OCH3 is 1. The molecule has 0 aliphatic rings. The molecule has 5 nitrogen and oxygen atoms in total. The lowest BCUT2D eigenvalue weighted by atomic mass is 10.2. The summed E-state index contributed by atoms with van der Waals surface area (Å²) in [5, 5.41) is 10.6. The number of aromatic nitrogens is 2. The fourth-order valence-corrected chi connectivity index (χ4v) is 3.36. The number of hydrogen-bond acceptors (Lipinski definition) is 4. The second-order valence-electron chi connectivity index (χ2n) is 6.37. The molecule has 144 valence electrons. The zero-order chi connectivity index (χ0) is 20.4. The molecule has 0 saturated carbocycles. The van der Waals surface area contributed by atoms with E-state index in [1.54, 1.807) is 66.7 Å². The number of para-hydroxylation sites is 1. The molecule has 0 radical (unpaired) electrons. The number of ether oxygens (including phenoxy) is 1. The van der Waals surface area contributed by atoms with Gasteiger partial charge in [0.25, 0.3) is 5.56 Å². The lowest BCUT2D eigenvalue weighted by Gasteiger charge is -2.13. The molecule has 1 N–H and O–H groups in total. The molecule has 0 unspecified atom stereocenters. The van der Waals surface area contributed by atoms with Crippen molar-refractivity contribution >= 4 is 34.7 Å². The lowest BCUT2D eigenvalue weighted by molar-refractivity contribution is 0.415. The number of benzene rings is 3. The van der Waals surface area contributed by atoms with Crippen molar-refractivity contribution in [2.75, 3.05) is 7.11 Å². The van der Waals surface area contributed by atoms with Crippen LogP contribution in [0.5, 0.6) is 11.5 Å². The molecular formula is C23H17ClN2O3. The monoisotopic (exact) mass is 404 g/mol. The number of fused-ring (bicyclic) bond motifs is 1. The van der Waals surface area contributed by atoms with Crippen molar-refractivity contribution in [2.24, 2.45) is 0 Å². The fourth-order valence-electron chi connectivity index (χ4n) is 3.10. The van der Waals surface area contributed by atoms with Crippen LogP contribution in [0.3, 0.4) is 0 Å². The predicted molar refractivity (Wildman–Crippen MR) is 116 cm³/mol. The first-order chi connectivity index (χ1) is 14.1. The van der Waals surface area contributed by atoms with Crippen molar-refractivity contribution in [1.82, 2.24) is 9.55 Å². The highest BCUT2D eigenvalue weighted by Gasteiger charge is 2.12. The Balaban J connectivity index is 1.94. The molecular weight excluding hydrogens is 388 g/mol. The summed E-state index contributed by atoms with van der Waals surface area (Å²) in [7, 11) is 1.54. The van der Waals surface area contributed by atoms with Crippen molar-refractivity contribution < 1.29 is 9.84 Å². The molecule has 0 aliphatic heterocycles. The Bertz CT molecular complexity index is 1300. The maximum Gasteiger partial charge on any atom is 0.266 e. The van der Waals surface area contributed by atoms with Crippen LogP contribution in [0.1, 0.15) is 11.4 Å². The van der Waals surface area contributed by atoms with Gasteiger partial charge in [0.05, 0.1) is 28.7 Å². The minimum absolute atomic E-state index is 0.165. The van der Waals surface area contributed by atoms with Crippen LogP contribution < -0.4 is 10.3 Å². The van der Waals surface area contributed by atoms with Crippen molar-refractivity contribution in [3.63, 3.8) is 0 Å². The SMILES string of the molecule is COc1ccc(-n2c(C=Cc3cccc(O)c3)nc3ccccc3c2=O)cc1Cl. The molecule has 0 amide bonds. The highest BCUT2D eigenvalue weighted by atomic mass is 35.5. The summed E-state index contributed by atoms with van der Waals surface area (Å²) < 4.78 is 6.72. The quantitative estimate of drug-likeness (QED) is 0.524. The van der Waals surface area contributed by atoms with Crippen LogP contribution >= 0.6 is 11.6 Å². The summed E-state index contributed by atoms with van der Waals surface area (Å²) in [6.07, 6.45) is 3.53. The Hall–Kier alpha value is -3.57. The second-order valence-corrected chi connectivity index (χ2v) is 6.78. The molecule has 6 heteroatoms. The molecule has 0 atom stereocenters. The van der Waals surface area contributed by atoms with E-state index in [9.17, 15) is 9.90 Å². The van der Waals surface area contributed by atoms with Gasteiger partial charge in [0, 0.05) is 0 Å². The Morgan fingerprint density at radius 2 is 1.86 bits per heavy atom. The smallest absolute Gasteiger partial charge is 0.266 e. The van der Waals surface area contributed by atoms with Gasteiger partial charge in [-0.3, -0.25) is 9.36 Å². The summed E-state index contributed by atoms with van der Waals surface area (Å²) in [5.41, 5.74) is 1.76. The third-order valence-corrected chi connectivity index (χ3v) is 4.79. The van der Waals surface area contributed by atoms with Crippen LogP contribution in [0.4, 0.5) is 0 Å². The molecule has 4 aromatic rings. The molecule has 1 aromatic heterocycles. The van der Waals surface area contributed by atoms with Crippen LogP contribution in [0.2, 0.25) is 5.02 Å². The highest BCUT2D eigenvalue weighted by molar-refractivity contribution is 6.32. The number of rotatable bonds is 4. The van der Waals surface area contributed by atoms with Crippen LogP contribution in [0, 0.1) is 0 Å². The van der Waals surface area contributed by atoms with E-state index in [1.165, 1.54) is 11.7 Å². The largest absolute Gasteiger partial charge is 0.508 e. The number of halogens is 1. The summed E-state index contributed by atoms with van der Waals surface area (Å²) in [6, 6.07) is 19.2. The van der Waals surface area contributed by atoms with Gasteiger partial charge in [-0.25, -0.2) is 4.98 Å². The van der Waals surface area contributed by atoms with E-state index in [0.717, 1.165) is 5.56 Å². The van der Waals surface area contributed by atoms with E-state index in [-0.39, 0.29) is 11.3 Å². The van der Waals surface area contributed by atoms with Crippen LogP contribution in [0.15, 0.2) is 71.5 Å². The second kappa shape index (κ2) is 7.81. The Labute approximate surface area is 172 Å². The van der Waals surface area contributed by atoms with Crippen molar-refractivity contribution in [3.05, 3.63) is 93.5 Å². The van der Waals surface area contributed by atoms with E-state index >= 15 is 0 Å². The summed E-state index contributed by atoms with van der Waals surface area (Å²) in [5.74, 6) is 1.13. The average Bonchev–Trinajstić information content (AvgIpc) is 2.72. The number of phenols is 1. The minimum Gasteiger partial charge on any atom is -0.508 e. The molecule has 0 aliphatic carbocycles. The third-order valence-electron chi connectivity index (χ3n) is 4.49. The first-order valence-electron chi connectivity index (χ1n) is 8.89. The van der Waals surface area contributed by atoms with Crippen molar-refractivity contribution in [1.29, 1.82) is 0 Å². The third kappa shape index (κ3) is 3.73. The molecule has 4 rings (SSSR count). The summed E-state index contributed by atoms with van der Waals surface area (Å²) in [4.78, 5) is 17.9. The number of phenolic OH excluding ortho intramolecular Hbond substituents is 1. The lowest BCUT2D eigenvalue weighted by Crippen LogP contribution is -2.22. The van der Waals surface area contributed by atoms with Crippen molar-refractivity contribution in [3.8, 4) is 17.2 Å². The minimum atomic E-state index is -0.201. The maximum absolute atomic E-state index is 13.3. The molecule has 3 aromatic carbocycles. The Morgan fingerprint density at radius 1 is 1.03 bits per heavy atom. The number of aromatic hydroxyl groups is 1. The Morgan fingerprint density at radius 3 is 2.62 bits per heavy atom. The van der Waals surface area contributed by atoms with E-state index in [2.05, 4.69) is 4.98 Å². The molecule has 29 heavy (non-hydrogen) atoms. The molecule has 0 spiro atoms. The Kier molecular flexibility index (Phi) is 5.06. The topological polar surface area (TPSA) is 64.3 Å². The molecule has 0 bridgehead atoms. The normalized spacial score (nSPS) is 11.2. The van der Waals surface area contributed by atoms with Gasteiger partial charge in [-0.2, -0.15) is 0 Å². The molecule has 1 heterocycles.